The number of halogens is 2. The molecule has 0 atom stereocenters. The van der Waals surface area contributed by atoms with Crippen LogP contribution in [0.1, 0.15) is 11.1 Å². The Morgan fingerprint density at radius 3 is 2.00 bits per heavy atom. The molecule has 0 aliphatic carbocycles. The Morgan fingerprint density at radius 1 is 1.09 bits per heavy atom. The maximum atomic E-state index is 2.17. The summed E-state index contributed by atoms with van der Waals surface area (Å²) in [5.74, 6) is 0. The van der Waals surface area contributed by atoms with Crippen molar-refractivity contribution >= 4 is 20.9 Å². The van der Waals surface area contributed by atoms with E-state index in [9.17, 15) is 0 Å². The minimum absolute atomic E-state index is 0. The van der Waals surface area contributed by atoms with Gasteiger partial charge in [0, 0.05) is 0 Å². The number of aryl methyl sites for hydroxylation is 1. The van der Waals surface area contributed by atoms with E-state index in [1.165, 1.54) is 15.5 Å². The van der Waals surface area contributed by atoms with E-state index in [1.807, 2.05) is 0 Å². The van der Waals surface area contributed by atoms with Gasteiger partial charge in [0.25, 0.3) is 0 Å². The van der Waals surface area contributed by atoms with Gasteiger partial charge in [0.2, 0.25) is 0 Å². The number of hydrogen-bond donors (Lipinski definition) is 0. The summed E-state index contributed by atoms with van der Waals surface area (Å²) >= 11 is 1.71. The van der Waals surface area contributed by atoms with Gasteiger partial charge >= 0.3 is 64.1 Å². The summed E-state index contributed by atoms with van der Waals surface area (Å²) in [6.07, 6.45) is 0. The van der Waals surface area contributed by atoms with E-state index in [4.69, 9.17) is 0 Å². The molecule has 0 heterocycles. The zero-order valence-corrected chi connectivity index (χ0v) is 10.5. The molecule has 1 aromatic carbocycles. The molecule has 0 radical (unpaired) electrons. The van der Waals surface area contributed by atoms with Gasteiger partial charge in [-0.15, -0.1) is 0 Å². The van der Waals surface area contributed by atoms with Crippen LogP contribution in [-0.4, -0.2) is 16.5 Å². The van der Waals surface area contributed by atoms with Gasteiger partial charge in [-0.25, -0.2) is 0 Å². The molecule has 0 aromatic heterocycles. The summed E-state index contributed by atoms with van der Waals surface area (Å²) in [4.78, 5) is 0. The van der Waals surface area contributed by atoms with Crippen LogP contribution in [0, 0.1) is 13.8 Å². The minimum Gasteiger partial charge on any atom is -1.00 e. The van der Waals surface area contributed by atoms with Crippen molar-refractivity contribution in [2.24, 2.45) is 0 Å². The molecule has 0 amide bonds. The van der Waals surface area contributed by atoms with Crippen molar-refractivity contribution in [2.75, 3.05) is 0 Å². The zero-order chi connectivity index (χ0) is 6.85. The standard InChI is InChI=1S/C8H10Ge.2ClH/c1-6-4-3-5-8(9)7(6)2;;/h3-5,9H,1-2H3;2*1H/q+2;;/p-2. The van der Waals surface area contributed by atoms with Crippen LogP contribution in [0.4, 0.5) is 0 Å². The topological polar surface area (TPSA) is 0 Å². The monoisotopic (exact) mass is 250 g/mol. The molecule has 0 saturated heterocycles. The third-order valence-corrected chi connectivity index (χ3v) is 2.96. The van der Waals surface area contributed by atoms with Crippen LogP contribution in [0.25, 0.3) is 0 Å². The maximum Gasteiger partial charge on any atom is -1.00 e. The first kappa shape index (κ1) is 13.9. The van der Waals surface area contributed by atoms with Gasteiger partial charge in [-0.2, -0.15) is 0 Å². The van der Waals surface area contributed by atoms with Crippen LogP contribution >= 0.6 is 0 Å². The molecule has 0 aliphatic heterocycles. The van der Waals surface area contributed by atoms with Crippen molar-refractivity contribution in [2.45, 2.75) is 13.8 Å². The summed E-state index contributed by atoms with van der Waals surface area (Å²) in [5.41, 5.74) is 2.84. The second-order valence-corrected chi connectivity index (χ2v) is 3.59. The first-order valence-electron chi connectivity index (χ1n) is 3.03. The summed E-state index contributed by atoms with van der Waals surface area (Å²) in [5, 5.41) is 0. The van der Waals surface area contributed by atoms with Crippen LogP contribution in [0.3, 0.4) is 0 Å². The van der Waals surface area contributed by atoms with Crippen LogP contribution in [0.5, 0.6) is 0 Å². The molecule has 0 spiro atoms. The summed E-state index contributed by atoms with van der Waals surface area (Å²) < 4.78 is 1.45. The molecule has 1 rings (SSSR count). The van der Waals surface area contributed by atoms with Crippen molar-refractivity contribution in [1.29, 1.82) is 0 Å². The molecule has 0 N–H and O–H groups in total. The van der Waals surface area contributed by atoms with Gasteiger partial charge in [-0.3, -0.25) is 0 Å². The van der Waals surface area contributed by atoms with E-state index in [2.05, 4.69) is 32.0 Å². The fraction of sp³-hybridized carbons (Fsp3) is 0.250. The maximum absolute atomic E-state index is 2.17. The van der Waals surface area contributed by atoms with Crippen LogP contribution in [0.15, 0.2) is 18.2 Å². The van der Waals surface area contributed by atoms with Gasteiger partial charge in [0.1, 0.15) is 0 Å². The molecule has 11 heavy (non-hydrogen) atoms. The van der Waals surface area contributed by atoms with Crippen LogP contribution in [0.2, 0.25) is 0 Å². The minimum atomic E-state index is 0. The predicted molar refractivity (Wildman–Crippen MR) is 42.7 cm³/mol. The largest absolute Gasteiger partial charge is 1.00 e. The van der Waals surface area contributed by atoms with Gasteiger partial charge in [-0.1, -0.05) is 0 Å². The Morgan fingerprint density at radius 2 is 1.64 bits per heavy atom. The Balaban J connectivity index is 0. The first-order chi connectivity index (χ1) is 4.22. The molecule has 0 saturated carbocycles. The fourth-order valence-electron chi connectivity index (χ4n) is 0.774. The smallest absolute Gasteiger partial charge is 1.00 e. The third-order valence-electron chi connectivity index (χ3n) is 1.65. The Hall–Kier alpha value is 0.343. The molecular formula is C8H10Cl2Ge. The molecule has 0 nitrogen and oxygen atoms in total. The molecule has 60 valence electrons. The Labute approximate surface area is 88.8 Å². The SMILES string of the molecule is Cc1ccc[c]([GeH+2])c1C.[Cl-].[Cl-]. The van der Waals surface area contributed by atoms with Crippen LogP contribution < -0.4 is 29.2 Å². The average molecular weight is 250 g/mol. The average Bonchev–Trinajstić information content (AvgIpc) is 1.83. The van der Waals surface area contributed by atoms with Crippen molar-refractivity contribution in [3.63, 3.8) is 0 Å². The quantitative estimate of drug-likeness (QED) is 0.404. The normalized spacial score (nSPS) is 7.73. The van der Waals surface area contributed by atoms with Crippen molar-refractivity contribution < 1.29 is 24.8 Å². The van der Waals surface area contributed by atoms with E-state index in [0.29, 0.717) is 0 Å². The predicted octanol–water partition coefficient (Wildman–Crippen LogP) is -5.16. The second kappa shape index (κ2) is 5.93. The van der Waals surface area contributed by atoms with E-state index in [0.717, 1.165) is 0 Å². The van der Waals surface area contributed by atoms with E-state index >= 15 is 0 Å². The zero-order valence-electron chi connectivity index (χ0n) is 6.57. The summed E-state index contributed by atoms with van der Waals surface area (Å²) in [6.45, 7) is 4.32. The molecule has 3 heteroatoms. The fourth-order valence-corrected chi connectivity index (χ4v) is 1.48. The van der Waals surface area contributed by atoms with E-state index < -0.39 is 0 Å². The van der Waals surface area contributed by atoms with Crippen LogP contribution in [-0.2, 0) is 0 Å². The number of benzene rings is 1. The number of rotatable bonds is 0. The molecule has 0 aliphatic rings. The molecular weight excluding hydrogens is 240 g/mol. The number of hydrogen-bond acceptors (Lipinski definition) is 0. The van der Waals surface area contributed by atoms with Crippen molar-refractivity contribution in [3.8, 4) is 0 Å². The van der Waals surface area contributed by atoms with Crippen molar-refractivity contribution in [3.05, 3.63) is 29.3 Å². The van der Waals surface area contributed by atoms with Gasteiger partial charge in [0.15, 0.2) is 0 Å². The Kier molecular flexibility index (Phi) is 7.49. The Bertz CT molecular complexity index is 203. The van der Waals surface area contributed by atoms with Crippen molar-refractivity contribution in [1.82, 2.24) is 0 Å². The summed E-state index contributed by atoms with van der Waals surface area (Å²) in [6, 6.07) is 6.43. The van der Waals surface area contributed by atoms with E-state index in [-0.39, 0.29) is 24.8 Å². The van der Waals surface area contributed by atoms with Gasteiger partial charge < -0.3 is 24.8 Å². The molecule has 0 bridgehead atoms. The molecule has 1 aromatic rings. The molecule has 0 fully saturated rings. The van der Waals surface area contributed by atoms with Gasteiger partial charge in [-0.05, 0) is 0 Å². The molecule has 0 unspecified atom stereocenters. The first-order valence-corrected chi connectivity index (χ1v) is 4.24. The summed E-state index contributed by atoms with van der Waals surface area (Å²) in [7, 11) is 0. The van der Waals surface area contributed by atoms with E-state index in [1.54, 1.807) is 16.5 Å². The van der Waals surface area contributed by atoms with Gasteiger partial charge in [0.05, 0.1) is 0 Å². The second-order valence-electron chi connectivity index (χ2n) is 2.29. The third kappa shape index (κ3) is 3.50.